The molecule has 1 aromatic carbocycles. The number of rotatable bonds is 5. The number of carbonyl (C=O) groups is 2. The fraction of sp³-hybridized carbons (Fsp3) is 0.400. The molecule has 0 heterocycles. The number of ether oxygens (including phenoxy) is 1. The van der Waals surface area contributed by atoms with E-state index in [2.05, 4.69) is 10.5 Å². The number of benzene rings is 1. The first-order valence-corrected chi connectivity index (χ1v) is 6.94. The molecule has 1 aromatic rings. The van der Waals surface area contributed by atoms with Gasteiger partial charge in [0, 0.05) is 0 Å². The summed E-state index contributed by atoms with van der Waals surface area (Å²) in [5.74, 6) is -1.46. The number of esters is 1. The minimum atomic E-state index is -0.967. The Balaban J connectivity index is 2.02. The van der Waals surface area contributed by atoms with Crippen molar-refractivity contribution in [2.45, 2.75) is 26.2 Å². The highest BCUT2D eigenvalue weighted by Gasteiger charge is 2.30. The predicted molar refractivity (Wildman–Crippen MR) is 78.4 cm³/mol. The predicted octanol–water partition coefficient (Wildman–Crippen LogP) is 2.52. The Labute approximate surface area is 122 Å². The summed E-state index contributed by atoms with van der Waals surface area (Å²) in [6.45, 7) is 2.15. The molecule has 2 rings (SSSR count). The molecule has 1 aliphatic carbocycles. The number of hydrazone groups is 1. The summed E-state index contributed by atoms with van der Waals surface area (Å²) in [5, 5.41) is 13.1. The normalized spacial score (nSPS) is 19.5. The van der Waals surface area contributed by atoms with Crippen LogP contribution in [0.4, 0.5) is 5.69 Å². The summed E-state index contributed by atoms with van der Waals surface area (Å²) in [6, 6.07) is 6.29. The minimum Gasteiger partial charge on any atom is -0.478 e. The Morgan fingerprint density at radius 1 is 1.38 bits per heavy atom. The van der Waals surface area contributed by atoms with Gasteiger partial charge in [0.25, 0.3) is 0 Å². The number of aromatic carboxylic acids is 1. The molecule has 1 unspecified atom stereocenters. The molecular weight excluding hydrogens is 272 g/mol. The van der Waals surface area contributed by atoms with Gasteiger partial charge >= 0.3 is 11.9 Å². The van der Waals surface area contributed by atoms with Gasteiger partial charge in [-0.15, -0.1) is 0 Å². The molecule has 0 radical (unpaired) electrons. The number of nitrogens with zero attached hydrogens (tertiary/aromatic N) is 1. The first-order valence-electron chi connectivity index (χ1n) is 6.94. The van der Waals surface area contributed by atoms with Crippen LogP contribution < -0.4 is 5.43 Å². The van der Waals surface area contributed by atoms with Crippen LogP contribution in [0.3, 0.4) is 0 Å². The highest BCUT2D eigenvalue weighted by atomic mass is 16.5. The van der Waals surface area contributed by atoms with E-state index in [1.54, 1.807) is 19.1 Å². The topological polar surface area (TPSA) is 88.0 Å². The van der Waals surface area contributed by atoms with Gasteiger partial charge in [0.1, 0.15) is 0 Å². The summed E-state index contributed by atoms with van der Waals surface area (Å²) in [5.41, 5.74) is 4.56. The van der Waals surface area contributed by atoms with Crippen LogP contribution in [0.15, 0.2) is 29.4 Å². The molecule has 0 bridgehead atoms. The fourth-order valence-electron chi connectivity index (χ4n) is 2.28. The molecule has 0 amide bonds. The molecule has 1 aliphatic rings. The van der Waals surface area contributed by atoms with E-state index >= 15 is 0 Å². The van der Waals surface area contributed by atoms with E-state index in [0.29, 0.717) is 12.3 Å². The van der Waals surface area contributed by atoms with Crippen molar-refractivity contribution in [2.24, 2.45) is 11.0 Å². The van der Waals surface area contributed by atoms with E-state index in [0.717, 1.165) is 25.0 Å². The van der Waals surface area contributed by atoms with Crippen molar-refractivity contribution in [3.63, 3.8) is 0 Å². The van der Waals surface area contributed by atoms with Gasteiger partial charge in [-0.2, -0.15) is 5.10 Å². The van der Waals surface area contributed by atoms with E-state index in [-0.39, 0.29) is 17.5 Å². The van der Waals surface area contributed by atoms with Crippen LogP contribution in [0.2, 0.25) is 0 Å². The minimum absolute atomic E-state index is 0.221. The highest BCUT2D eigenvalue weighted by molar-refractivity contribution is 6.03. The second-order valence-corrected chi connectivity index (χ2v) is 4.79. The van der Waals surface area contributed by atoms with E-state index in [9.17, 15) is 9.59 Å². The van der Waals surface area contributed by atoms with Crippen LogP contribution in [-0.4, -0.2) is 29.4 Å². The lowest BCUT2D eigenvalue weighted by Gasteiger charge is -2.10. The zero-order chi connectivity index (χ0) is 15.2. The van der Waals surface area contributed by atoms with Gasteiger partial charge in [0.15, 0.2) is 0 Å². The molecule has 21 heavy (non-hydrogen) atoms. The lowest BCUT2D eigenvalue weighted by Crippen LogP contribution is -2.22. The molecule has 1 saturated carbocycles. The van der Waals surface area contributed by atoms with Gasteiger partial charge in [-0.05, 0) is 50.5 Å². The van der Waals surface area contributed by atoms with Crippen molar-refractivity contribution in [1.82, 2.24) is 0 Å². The Morgan fingerprint density at radius 3 is 2.71 bits per heavy atom. The number of nitrogens with one attached hydrogen (secondary N) is 1. The zero-order valence-electron chi connectivity index (χ0n) is 11.8. The van der Waals surface area contributed by atoms with Crippen LogP contribution in [0.25, 0.3) is 0 Å². The van der Waals surface area contributed by atoms with Crippen molar-refractivity contribution in [3.05, 3.63) is 29.8 Å². The molecule has 6 nitrogen and oxygen atoms in total. The third-order valence-corrected chi connectivity index (χ3v) is 3.36. The number of hydrogen-bond acceptors (Lipinski definition) is 5. The second kappa shape index (κ2) is 6.88. The molecule has 0 aromatic heterocycles. The van der Waals surface area contributed by atoms with Gasteiger partial charge < -0.3 is 9.84 Å². The van der Waals surface area contributed by atoms with Crippen molar-refractivity contribution in [3.8, 4) is 0 Å². The summed E-state index contributed by atoms with van der Waals surface area (Å²) in [4.78, 5) is 22.5. The summed E-state index contributed by atoms with van der Waals surface area (Å²) < 4.78 is 5.04. The summed E-state index contributed by atoms with van der Waals surface area (Å²) >= 11 is 0. The van der Waals surface area contributed by atoms with Crippen LogP contribution >= 0.6 is 0 Å². The first kappa shape index (κ1) is 15.0. The van der Waals surface area contributed by atoms with Crippen LogP contribution in [0.5, 0.6) is 0 Å². The molecule has 1 fully saturated rings. The van der Waals surface area contributed by atoms with E-state index < -0.39 is 5.97 Å². The monoisotopic (exact) mass is 290 g/mol. The third kappa shape index (κ3) is 3.81. The zero-order valence-corrected chi connectivity index (χ0v) is 11.8. The van der Waals surface area contributed by atoms with Crippen molar-refractivity contribution in [2.75, 3.05) is 12.0 Å². The SMILES string of the molecule is CCOC(=O)C1CCC/C1=N/Nc1ccc(C(=O)O)cc1. The number of carbonyl (C=O) groups excluding carboxylic acids is 1. The quantitative estimate of drug-likeness (QED) is 0.642. The number of hydrogen-bond donors (Lipinski definition) is 2. The lowest BCUT2D eigenvalue weighted by atomic mass is 10.1. The molecule has 0 saturated heterocycles. The Morgan fingerprint density at radius 2 is 2.10 bits per heavy atom. The summed E-state index contributed by atoms with van der Waals surface area (Å²) in [6.07, 6.45) is 2.45. The molecule has 112 valence electrons. The largest absolute Gasteiger partial charge is 0.478 e. The van der Waals surface area contributed by atoms with Gasteiger partial charge in [-0.25, -0.2) is 4.79 Å². The van der Waals surface area contributed by atoms with Gasteiger partial charge in [0.2, 0.25) is 0 Å². The molecule has 0 aliphatic heterocycles. The maximum absolute atomic E-state index is 11.8. The first-order chi connectivity index (χ1) is 10.1. The molecule has 0 spiro atoms. The van der Waals surface area contributed by atoms with E-state index in [1.807, 2.05) is 0 Å². The van der Waals surface area contributed by atoms with Crippen molar-refractivity contribution < 1.29 is 19.4 Å². The summed E-state index contributed by atoms with van der Waals surface area (Å²) in [7, 11) is 0. The fourth-order valence-corrected chi connectivity index (χ4v) is 2.28. The maximum atomic E-state index is 11.8. The van der Waals surface area contributed by atoms with Crippen molar-refractivity contribution >= 4 is 23.3 Å². The molecule has 2 N–H and O–H groups in total. The van der Waals surface area contributed by atoms with Gasteiger partial charge in [-0.3, -0.25) is 10.2 Å². The lowest BCUT2D eigenvalue weighted by molar-refractivity contribution is -0.145. The van der Waals surface area contributed by atoms with Crippen LogP contribution in [0, 0.1) is 5.92 Å². The Hall–Kier alpha value is -2.37. The standard InChI is InChI=1S/C15H18N2O4/c1-2-21-15(20)12-4-3-5-13(12)17-16-11-8-6-10(7-9-11)14(18)19/h6-9,12,16H,2-5H2,1H3,(H,18,19)/b17-13-. The second-order valence-electron chi connectivity index (χ2n) is 4.79. The van der Waals surface area contributed by atoms with E-state index in [1.165, 1.54) is 12.1 Å². The Kier molecular flexibility index (Phi) is 4.92. The molecule has 1 atom stereocenters. The number of carboxylic acids is 1. The Bertz CT molecular complexity index is 551. The average Bonchev–Trinajstić information content (AvgIpc) is 2.94. The molecule has 6 heteroatoms. The van der Waals surface area contributed by atoms with Crippen LogP contribution in [0.1, 0.15) is 36.5 Å². The highest BCUT2D eigenvalue weighted by Crippen LogP contribution is 2.24. The smallest absolute Gasteiger partial charge is 0.335 e. The average molecular weight is 290 g/mol. The van der Waals surface area contributed by atoms with Crippen LogP contribution in [-0.2, 0) is 9.53 Å². The number of anilines is 1. The van der Waals surface area contributed by atoms with E-state index in [4.69, 9.17) is 9.84 Å². The van der Waals surface area contributed by atoms with Crippen molar-refractivity contribution in [1.29, 1.82) is 0 Å². The number of carboxylic acid groups (broad SMARTS) is 1. The maximum Gasteiger partial charge on any atom is 0.335 e. The molecular formula is C15H18N2O4. The van der Waals surface area contributed by atoms with Gasteiger partial charge in [-0.1, -0.05) is 0 Å². The third-order valence-electron chi connectivity index (χ3n) is 3.36. The van der Waals surface area contributed by atoms with Gasteiger partial charge in [0.05, 0.1) is 29.5 Å².